The van der Waals surface area contributed by atoms with Crippen molar-refractivity contribution in [2.75, 3.05) is 5.75 Å². The number of fused-ring (bicyclic) bond motifs is 1. The van der Waals surface area contributed by atoms with Crippen molar-refractivity contribution in [2.24, 2.45) is 5.73 Å². The number of benzene rings is 1. The Morgan fingerprint density at radius 1 is 1.43 bits per heavy atom. The second kappa shape index (κ2) is 3.93. The third-order valence-corrected chi connectivity index (χ3v) is 3.29. The molecule has 0 amide bonds. The molecule has 0 aliphatic carbocycles. The molecule has 14 heavy (non-hydrogen) atoms. The molecule has 2 rings (SSSR count). The monoisotopic (exact) mass is 203 g/mol. The van der Waals surface area contributed by atoms with E-state index in [1.807, 2.05) is 24.8 Å². The van der Waals surface area contributed by atoms with Crippen molar-refractivity contribution in [2.45, 2.75) is 11.8 Å². The summed E-state index contributed by atoms with van der Waals surface area (Å²) in [6.45, 7) is 1.91. The first kappa shape index (κ1) is 9.41. The third kappa shape index (κ3) is 1.85. The fourth-order valence-corrected chi connectivity index (χ4v) is 2.55. The van der Waals surface area contributed by atoms with E-state index in [9.17, 15) is 0 Å². The zero-order valence-corrected chi connectivity index (χ0v) is 8.97. The van der Waals surface area contributed by atoms with Gasteiger partial charge in [0.2, 0.25) is 0 Å². The Kier molecular flexibility index (Phi) is 2.64. The number of rotatable bonds is 1. The maximum absolute atomic E-state index is 5.60. The Morgan fingerprint density at radius 3 is 3.00 bits per heavy atom. The van der Waals surface area contributed by atoms with Crippen molar-refractivity contribution in [3.8, 4) is 0 Å². The van der Waals surface area contributed by atoms with Crippen LogP contribution in [0.25, 0.3) is 5.57 Å². The molecule has 0 aromatic heterocycles. The van der Waals surface area contributed by atoms with E-state index in [0.717, 1.165) is 11.4 Å². The van der Waals surface area contributed by atoms with Crippen molar-refractivity contribution in [1.82, 2.24) is 0 Å². The average Bonchev–Trinajstić information content (AvgIpc) is 2.58. The van der Waals surface area contributed by atoms with Crippen LogP contribution in [0.15, 0.2) is 47.0 Å². The SMILES string of the molecule is C/C(N)=C\C=C1/CSc2ccccc21. The minimum absolute atomic E-state index is 0.854. The Labute approximate surface area is 88.7 Å². The molecule has 2 heteroatoms. The minimum atomic E-state index is 0.854. The van der Waals surface area contributed by atoms with Crippen LogP contribution in [0.4, 0.5) is 0 Å². The molecule has 0 spiro atoms. The van der Waals surface area contributed by atoms with Gasteiger partial charge in [-0.15, -0.1) is 11.8 Å². The number of hydrogen-bond acceptors (Lipinski definition) is 2. The van der Waals surface area contributed by atoms with Crippen LogP contribution in [0.1, 0.15) is 12.5 Å². The molecule has 72 valence electrons. The van der Waals surface area contributed by atoms with Gasteiger partial charge < -0.3 is 5.73 Å². The number of hydrogen-bond donors (Lipinski definition) is 1. The van der Waals surface area contributed by atoms with E-state index in [2.05, 4.69) is 30.3 Å². The summed E-state index contributed by atoms with van der Waals surface area (Å²) in [5.74, 6) is 1.06. The molecule has 1 heterocycles. The van der Waals surface area contributed by atoms with E-state index >= 15 is 0 Å². The van der Waals surface area contributed by atoms with Crippen LogP contribution in [-0.2, 0) is 0 Å². The predicted octanol–water partition coefficient (Wildman–Crippen LogP) is 3.04. The molecule has 1 nitrogen and oxygen atoms in total. The fourth-order valence-electron chi connectivity index (χ4n) is 1.46. The van der Waals surface area contributed by atoms with Crippen LogP contribution < -0.4 is 5.73 Å². The van der Waals surface area contributed by atoms with E-state index in [1.165, 1.54) is 16.0 Å². The minimum Gasteiger partial charge on any atom is -0.402 e. The maximum atomic E-state index is 5.60. The molecule has 1 aliphatic rings. The van der Waals surface area contributed by atoms with Crippen molar-refractivity contribution in [1.29, 1.82) is 0 Å². The second-order valence-electron chi connectivity index (χ2n) is 3.39. The Balaban J connectivity index is 2.35. The largest absolute Gasteiger partial charge is 0.402 e. The highest BCUT2D eigenvalue weighted by molar-refractivity contribution is 8.00. The van der Waals surface area contributed by atoms with E-state index in [-0.39, 0.29) is 0 Å². The molecule has 1 aliphatic heterocycles. The Bertz CT molecular complexity index is 401. The second-order valence-corrected chi connectivity index (χ2v) is 4.40. The summed E-state index contributed by atoms with van der Waals surface area (Å²) in [7, 11) is 0. The van der Waals surface area contributed by atoms with E-state index < -0.39 is 0 Å². The lowest BCUT2D eigenvalue weighted by molar-refractivity contribution is 1.31. The van der Waals surface area contributed by atoms with Gasteiger partial charge in [0, 0.05) is 16.3 Å². The highest BCUT2D eigenvalue weighted by Gasteiger charge is 2.14. The van der Waals surface area contributed by atoms with Crippen molar-refractivity contribution >= 4 is 17.3 Å². The van der Waals surface area contributed by atoms with Crippen LogP contribution >= 0.6 is 11.8 Å². The van der Waals surface area contributed by atoms with Crippen LogP contribution in [-0.4, -0.2) is 5.75 Å². The van der Waals surface area contributed by atoms with Gasteiger partial charge >= 0.3 is 0 Å². The summed E-state index contributed by atoms with van der Waals surface area (Å²) >= 11 is 1.89. The maximum Gasteiger partial charge on any atom is 0.0238 e. The van der Waals surface area contributed by atoms with Gasteiger partial charge in [-0.1, -0.05) is 24.3 Å². The summed E-state index contributed by atoms with van der Waals surface area (Å²) in [5.41, 5.74) is 9.18. The molecule has 0 radical (unpaired) electrons. The molecule has 0 atom stereocenters. The highest BCUT2D eigenvalue weighted by Crippen LogP contribution is 2.38. The summed E-state index contributed by atoms with van der Waals surface area (Å²) in [4.78, 5) is 1.38. The lowest BCUT2D eigenvalue weighted by Gasteiger charge is -1.97. The fraction of sp³-hybridized carbons (Fsp3) is 0.167. The van der Waals surface area contributed by atoms with Crippen LogP contribution in [0.2, 0.25) is 0 Å². The topological polar surface area (TPSA) is 26.0 Å². The molecule has 0 saturated carbocycles. The zero-order chi connectivity index (χ0) is 9.97. The first-order chi connectivity index (χ1) is 6.77. The van der Waals surface area contributed by atoms with E-state index in [4.69, 9.17) is 5.73 Å². The molecule has 1 aromatic carbocycles. The first-order valence-electron chi connectivity index (χ1n) is 4.62. The molecular formula is C12H13NS. The average molecular weight is 203 g/mol. The Morgan fingerprint density at radius 2 is 2.21 bits per heavy atom. The predicted molar refractivity (Wildman–Crippen MR) is 63.1 cm³/mol. The summed E-state index contributed by atoms with van der Waals surface area (Å²) in [5, 5.41) is 0. The van der Waals surface area contributed by atoms with Gasteiger partial charge in [-0.2, -0.15) is 0 Å². The van der Waals surface area contributed by atoms with Gasteiger partial charge in [0.25, 0.3) is 0 Å². The lowest BCUT2D eigenvalue weighted by Crippen LogP contribution is -1.88. The van der Waals surface area contributed by atoms with Gasteiger partial charge in [0.1, 0.15) is 0 Å². The summed E-state index contributed by atoms with van der Waals surface area (Å²) in [6, 6.07) is 8.50. The molecule has 1 aromatic rings. The van der Waals surface area contributed by atoms with E-state index in [0.29, 0.717) is 0 Å². The standard InChI is InChI=1S/C12H13NS/c1-9(13)6-7-10-8-14-12-5-3-2-4-11(10)12/h2-7H,8,13H2,1H3/b9-6+,10-7+. The van der Waals surface area contributed by atoms with Crippen LogP contribution in [0.5, 0.6) is 0 Å². The van der Waals surface area contributed by atoms with E-state index in [1.54, 1.807) is 0 Å². The summed E-state index contributed by atoms with van der Waals surface area (Å²) in [6.07, 6.45) is 4.09. The Hall–Kier alpha value is -1.15. The number of nitrogens with two attached hydrogens (primary N) is 1. The smallest absolute Gasteiger partial charge is 0.0238 e. The van der Waals surface area contributed by atoms with Gasteiger partial charge in [-0.25, -0.2) is 0 Å². The third-order valence-electron chi connectivity index (χ3n) is 2.16. The lowest BCUT2D eigenvalue weighted by atomic mass is 10.1. The van der Waals surface area contributed by atoms with Crippen LogP contribution in [0.3, 0.4) is 0 Å². The van der Waals surface area contributed by atoms with Crippen molar-refractivity contribution in [3.63, 3.8) is 0 Å². The molecule has 2 N–H and O–H groups in total. The normalized spacial score (nSPS) is 18.6. The van der Waals surface area contributed by atoms with Gasteiger partial charge in [-0.05, 0) is 30.2 Å². The first-order valence-corrected chi connectivity index (χ1v) is 5.61. The molecular weight excluding hydrogens is 190 g/mol. The molecule has 0 bridgehead atoms. The quantitative estimate of drug-likeness (QED) is 0.759. The van der Waals surface area contributed by atoms with Gasteiger partial charge in [0.05, 0.1) is 0 Å². The summed E-state index contributed by atoms with van der Waals surface area (Å²) < 4.78 is 0. The molecule has 0 unspecified atom stereocenters. The van der Waals surface area contributed by atoms with Crippen LogP contribution in [0, 0.1) is 0 Å². The number of allylic oxidation sites excluding steroid dienone is 3. The van der Waals surface area contributed by atoms with Gasteiger partial charge in [-0.3, -0.25) is 0 Å². The van der Waals surface area contributed by atoms with Crippen molar-refractivity contribution < 1.29 is 0 Å². The van der Waals surface area contributed by atoms with Gasteiger partial charge in [0.15, 0.2) is 0 Å². The van der Waals surface area contributed by atoms with Crippen molar-refractivity contribution in [3.05, 3.63) is 47.7 Å². The molecule has 0 saturated heterocycles. The number of thioether (sulfide) groups is 1. The zero-order valence-electron chi connectivity index (χ0n) is 8.16. The molecule has 0 fully saturated rings. The highest BCUT2D eigenvalue weighted by atomic mass is 32.2.